The molecule has 0 aromatic heterocycles. The van der Waals surface area contributed by atoms with Crippen LogP contribution < -0.4 is 10.2 Å². The maximum Gasteiger partial charge on any atom is 2.00 e. The van der Waals surface area contributed by atoms with Crippen molar-refractivity contribution in [3.05, 3.63) is 0 Å². The molecule has 7 N–H and O–H groups in total. The zero-order valence-corrected chi connectivity index (χ0v) is 15.2. The van der Waals surface area contributed by atoms with Crippen LogP contribution in [0.4, 0.5) is 0 Å². The molecule has 25 heavy (non-hydrogen) atoms. The van der Waals surface area contributed by atoms with Gasteiger partial charge in [0.15, 0.2) is 6.29 Å². The smallest absolute Gasteiger partial charge is 0.853 e. The maximum absolute atomic E-state index is 10.8. The predicted molar refractivity (Wildman–Crippen MR) is 72.3 cm³/mol. The molecule has 1 heterocycles. The van der Waals surface area contributed by atoms with E-state index in [1.54, 1.807) is 0 Å². The Morgan fingerprint density at radius 3 is 2.12 bits per heavy atom. The summed E-state index contributed by atoms with van der Waals surface area (Å²) in [6, 6.07) is 0. The predicted octanol–water partition coefficient (Wildman–Crippen LogP) is -8.02. The van der Waals surface area contributed by atoms with Crippen LogP contribution >= 0.6 is 0 Å². The average molecular weight is 396 g/mol. The van der Waals surface area contributed by atoms with Crippen molar-refractivity contribution < 1.29 is 60.2 Å². The molecule has 0 spiro atoms. The largest absolute Gasteiger partial charge is 2.00 e. The maximum atomic E-state index is 10.8. The van der Waals surface area contributed by atoms with Crippen molar-refractivity contribution in [2.24, 2.45) is 0 Å². The van der Waals surface area contributed by atoms with E-state index in [2.05, 4.69) is 0 Å². The quantitative estimate of drug-likeness (QED) is 0.190. The van der Waals surface area contributed by atoms with Gasteiger partial charge in [-0.1, -0.05) is 0 Å². The number of hydrogen-bond acceptors (Lipinski definition) is 12. The Bertz CT molecular complexity index is 410. The molecule has 0 radical (unpaired) electrons. The Labute approximate surface area is 171 Å². The molecule has 0 amide bonds. The molecule has 1 rings (SSSR count). The summed E-state index contributed by atoms with van der Waals surface area (Å²) in [5, 5.41) is 87.9. The van der Waals surface area contributed by atoms with Gasteiger partial charge in [0.25, 0.3) is 0 Å². The van der Waals surface area contributed by atoms with E-state index >= 15 is 0 Å². The van der Waals surface area contributed by atoms with Crippen LogP contribution in [-0.4, -0.2) is 148 Å². The van der Waals surface area contributed by atoms with E-state index in [1.165, 1.54) is 0 Å². The van der Waals surface area contributed by atoms with Gasteiger partial charge in [-0.15, -0.1) is 6.61 Å². The Hall–Kier alpha value is 0.330. The van der Waals surface area contributed by atoms with E-state index in [9.17, 15) is 45.6 Å². The normalized spacial score (nSPS) is 34.5. The third-order valence-electron chi connectivity index (χ3n) is 3.59. The van der Waals surface area contributed by atoms with Gasteiger partial charge in [-0.3, -0.25) is 0 Å². The molecular formula is C12H20CaO12. The minimum atomic E-state index is -2.53. The molecule has 0 unspecified atom stereocenters. The number of aliphatic hydroxyl groups is 7. The van der Waals surface area contributed by atoms with Crippen molar-refractivity contribution in [3.63, 3.8) is 0 Å². The van der Waals surface area contributed by atoms with Crippen molar-refractivity contribution in [2.45, 2.75) is 55.1 Å². The third-order valence-corrected chi connectivity index (χ3v) is 3.59. The molecule has 1 saturated heterocycles. The molecule has 0 aliphatic carbocycles. The van der Waals surface area contributed by atoms with Crippen molar-refractivity contribution in [3.8, 4) is 0 Å². The summed E-state index contributed by atoms with van der Waals surface area (Å²) < 4.78 is 9.88. The SMILES string of the molecule is O=C([O-])[C@H](O)[C@@H](O)[C@H](O[C@@H]1O[C@H](CO)[C@H](O)[C@H](O)[C@H]1O)[C@H](O)C[O-].[Ca+2]. The number of carbonyl (C=O) groups is 1. The van der Waals surface area contributed by atoms with E-state index in [0.717, 1.165) is 0 Å². The molecule has 9 atom stereocenters. The first kappa shape index (κ1) is 25.3. The molecule has 1 aliphatic rings. The molecule has 0 bridgehead atoms. The van der Waals surface area contributed by atoms with Crippen LogP contribution in [-0.2, 0) is 14.3 Å². The Balaban J connectivity index is 0.00000576. The number of hydrogen-bond donors (Lipinski definition) is 7. The van der Waals surface area contributed by atoms with Gasteiger partial charge in [-0.2, -0.15) is 0 Å². The standard InChI is InChI=1S/C12H21O12.Ca/c13-1-3(15)10(7(18)8(19)11(21)22)24-12-9(20)6(17)5(16)4(2-14)23-12;/h3-10,12,14-20H,1-2H2,(H,21,22);/q-1;+2/p-1/t3-,4-,5+,6+,7-,8-,9-,10-,12+;/m1./s1. The fourth-order valence-corrected chi connectivity index (χ4v) is 2.15. The van der Waals surface area contributed by atoms with Crippen molar-refractivity contribution >= 4 is 43.7 Å². The van der Waals surface area contributed by atoms with Crippen LogP contribution in [0.15, 0.2) is 0 Å². The van der Waals surface area contributed by atoms with Gasteiger partial charge in [0.1, 0.15) is 42.7 Å². The molecular weight excluding hydrogens is 376 g/mol. The number of carbonyl (C=O) groups excluding carboxylic acids is 1. The summed E-state index contributed by atoms with van der Waals surface area (Å²) in [5.41, 5.74) is 0. The Kier molecular flexibility index (Phi) is 11.4. The van der Waals surface area contributed by atoms with Crippen LogP contribution in [0.25, 0.3) is 0 Å². The molecule has 0 saturated carbocycles. The van der Waals surface area contributed by atoms with E-state index in [0.29, 0.717) is 0 Å². The number of carboxylic acid groups (broad SMARTS) is 1. The number of ether oxygens (including phenoxy) is 2. The molecule has 12 nitrogen and oxygen atoms in total. The Morgan fingerprint density at radius 2 is 1.68 bits per heavy atom. The zero-order valence-electron chi connectivity index (χ0n) is 13.0. The molecule has 142 valence electrons. The fourth-order valence-electron chi connectivity index (χ4n) is 2.15. The zero-order chi connectivity index (χ0) is 18.6. The summed E-state index contributed by atoms with van der Waals surface area (Å²) in [6.45, 7) is -2.05. The van der Waals surface area contributed by atoms with Crippen molar-refractivity contribution in [2.75, 3.05) is 13.2 Å². The summed E-state index contributed by atoms with van der Waals surface area (Å²) in [4.78, 5) is 10.6. The van der Waals surface area contributed by atoms with Crippen LogP contribution in [0.3, 0.4) is 0 Å². The molecule has 1 aliphatic heterocycles. The molecule has 0 aromatic rings. The van der Waals surface area contributed by atoms with E-state index in [1.807, 2.05) is 0 Å². The van der Waals surface area contributed by atoms with Crippen LogP contribution in [0.1, 0.15) is 0 Å². The van der Waals surface area contributed by atoms with Gasteiger partial charge in [0, 0.05) is 0 Å². The fraction of sp³-hybridized carbons (Fsp3) is 0.917. The first-order chi connectivity index (χ1) is 11.1. The number of rotatable bonds is 8. The first-order valence-corrected chi connectivity index (χ1v) is 6.94. The van der Waals surface area contributed by atoms with Crippen LogP contribution in [0.2, 0.25) is 0 Å². The van der Waals surface area contributed by atoms with Crippen molar-refractivity contribution in [1.29, 1.82) is 0 Å². The minimum Gasteiger partial charge on any atom is -0.853 e. The van der Waals surface area contributed by atoms with Crippen LogP contribution in [0.5, 0.6) is 0 Å². The topological polar surface area (TPSA) is 223 Å². The first-order valence-electron chi connectivity index (χ1n) is 6.94. The molecule has 13 heteroatoms. The van der Waals surface area contributed by atoms with E-state index in [4.69, 9.17) is 14.6 Å². The average Bonchev–Trinajstić information content (AvgIpc) is 2.57. The number of aliphatic carboxylic acids is 1. The van der Waals surface area contributed by atoms with Gasteiger partial charge < -0.3 is 60.2 Å². The van der Waals surface area contributed by atoms with E-state index < -0.39 is 74.3 Å². The van der Waals surface area contributed by atoms with Gasteiger partial charge in [0.2, 0.25) is 0 Å². The second-order valence-electron chi connectivity index (χ2n) is 5.29. The van der Waals surface area contributed by atoms with Gasteiger partial charge in [-0.25, -0.2) is 0 Å². The number of carboxylic acids is 1. The summed E-state index contributed by atoms with van der Waals surface area (Å²) in [7, 11) is 0. The third kappa shape index (κ3) is 6.17. The Morgan fingerprint density at radius 1 is 1.12 bits per heavy atom. The van der Waals surface area contributed by atoms with E-state index in [-0.39, 0.29) is 37.7 Å². The van der Waals surface area contributed by atoms with Gasteiger partial charge >= 0.3 is 37.7 Å². The van der Waals surface area contributed by atoms with Gasteiger partial charge in [-0.05, 0) is 0 Å². The monoisotopic (exact) mass is 396 g/mol. The second kappa shape index (κ2) is 11.2. The summed E-state index contributed by atoms with van der Waals surface area (Å²) in [6.07, 6.45) is -17.6. The minimum absolute atomic E-state index is 0. The van der Waals surface area contributed by atoms with Crippen LogP contribution in [0, 0.1) is 0 Å². The number of aliphatic hydroxyl groups excluding tert-OH is 7. The molecule has 0 aromatic carbocycles. The summed E-state index contributed by atoms with van der Waals surface area (Å²) in [5.74, 6) is -2.11. The molecule has 1 fully saturated rings. The second-order valence-corrected chi connectivity index (χ2v) is 5.29. The van der Waals surface area contributed by atoms with Gasteiger partial charge in [0.05, 0.1) is 18.7 Å². The van der Waals surface area contributed by atoms with Crippen molar-refractivity contribution in [1.82, 2.24) is 0 Å². The summed E-state index contributed by atoms with van der Waals surface area (Å²) >= 11 is 0.